The monoisotopic (exact) mass is 487 g/mol. The molecule has 178 valence electrons. The molecule has 2 aromatic carbocycles. The average Bonchev–Trinajstić information content (AvgIpc) is 2.74. The van der Waals surface area contributed by atoms with Gasteiger partial charge in [0.15, 0.2) is 0 Å². The molecule has 0 amide bonds. The van der Waals surface area contributed by atoms with Gasteiger partial charge in [-0.3, -0.25) is 25.0 Å². The van der Waals surface area contributed by atoms with Gasteiger partial charge in [0.25, 0.3) is 21.4 Å². The van der Waals surface area contributed by atoms with Crippen LogP contribution in [0.3, 0.4) is 0 Å². The van der Waals surface area contributed by atoms with Crippen LogP contribution in [0.1, 0.15) is 11.3 Å². The number of aryl methyl sites for hydroxylation is 1. The van der Waals surface area contributed by atoms with E-state index in [9.17, 15) is 28.6 Å². The van der Waals surface area contributed by atoms with Gasteiger partial charge < -0.3 is 10.2 Å². The molecule has 1 heterocycles. The molecule has 13 nitrogen and oxygen atoms in total. The summed E-state index contributed by atoms with van der Waals surface area (Å²) in [6.07, 6.45) is 0. The quantitative estimate of drug-likeness (QED) is 0.353. The van der Waals surface area contributed by atoms with E-state index in [0.29, 0.717) is 17.5 Å². The summed E-state index contributed by atoms with van der Waals surface area (Å²) in [7, 11) is -0.642. The van der Waals surface area contributed by atoms with Gasteiger partial charge in [-0.15, -0.1) is 0 Å². The summed E-state index contributed by atoms with van der Waals surface area (Å²) in [6, 6.07) is 9.48. The van der Waals surface area contributed by atoms with E-state index in [1.807, 2.05) is 32.0 Å². The molecular formula is C20H21N7O6S. The van der Waals surface area contributed by atoms with Gasteiger partial charge in [0.05, 0.1) is 9.85 Å². The van der Waals surface area contributed by atoms with Crippen molar-refractivity contribution < 1.29 is 18.3 Å². The normalized spacial score (nSPS) is 11.1. The van der Waals surface area contributed by atoms with Gasteiger partial charge in [0.2, 0.25) is 5.95 Å². The third kappa shape index (κ3) is 5.35. The van der Waals surface area contributed by atoms with Crippen molar-refractivity contribution >= 4 is 44.5 Å². The van der Waals surface area contributed by atoms with Crippen molar-refractivity contribution in [1.82, 2.24) is 9.97 Å². The number of sulfonamides is 1. The zero-order chi connectivity index (χ0) is 25.2. The third-order valence-electron chi connectivity index (χ3n) is 4.72. The summed E-state index contributed by atoms with van der Waals surface area (Å²) < 4.78 is 27.8. The van der Waals surface area contributed by atoms with Crippen molar-refractivity contribution in [3.63, 3.8) is 0 Å². The van der Waals surface area contributed by atoms with E-state index >= 15 is 0 Å². The van der Waals surface area contributed by atoms with E-state index in [1.165, 1.54) is 19.1 Å². The number of nitro groups is 2. The first-order valence-electron chi connectivity index (χ1n) is 9.73. The maximum atomic E-state index is 12.8. The summed E-state index contributed by atoms with van der Waals surface area (Å²) in [6.45, 7) is 3.02. The van der Waals surface area contributed by atoms with Crippen molar-refractivity contribution in [2.75, 3.05) is 29.0 Å². The predicted molar refractivity (Wildman–Crippen MR) is 126 cm³/mol. The summed E-state index contributed by atoms with van der Waals surface area (Å²) in [4.78, 5) is 30.7. The second-order valence-corrected chi connectivity index (χ2v) is 9.18. The highest BCUT2D eigenvalue weighted by atomic mass is 32.2. The molecule has 1 aromatic heterocycles. The van der Waals surface area contributed by atoms with Gasteiger partial charge >= 0.3 is 0 Å². The Bertz CT molecular complexity index is 1340. The first kappa shape index (κ1) is 24.3. The first-order chi connectivity index (χ1) is 15.9. The van der Waals surface area contributed by atoms with E-state index in [4.69, 9.17) is 0 Å². The summed E-state index contributed by atoms with van der Waals surface area (Å²) >= 11 is 0. The lowest BCUT2D eigenvalue weighted by Gasteiger charge is -2.14. The molecule has 0 saturated heterocycles. The van der Waals surface area contributed by atoms with Crippen molar-refractivity contribution in [3.8, 4) is 0 Å². The van der Waals surface area contributed by atoms with E-state index in [2.05, 4.69) is 20.0 Å². The topological polar surface area (TPSA) is 174 Å². The smallest absolute Gasteiger partial charge is 0.280 e. The Morgan fingerprint density at radius 3 is 1.91 bits per heavy atom. The molecule has 14 heteroatoms. The Kier molecular flexibility index (Phi) is 6.63. The Morgan fingerprint density at radius 2 is 1.41 bits per heavy atom. The number of anilines is 4. The molecule has 0 spiro atoms. The minimum Gasteiger partial charge on any atom is -0.363 e. The Hall–Kier alpha value is -4.33. The molecule has 0 saturated carbocycles. The van der Waals surface area contributed by atoms with Crippen LogP contribution < -0.4 is 14.9 Å². The van der Waals surface area contributed by atoms with Crippen LogP contribution in [0.2, 0.25) is 0 Å². The zero-order valence-corrected chi connectivity index (χ0v) is 19.5. The molecule has 0 aliphatic heterocycles. The molecule has 2 N–H and O–H groups in total. The van der Waals surface area contributed by atoms with Crippen molar-refractivity contribution in [2.45, 2.75) is 18.7 Å². The SMILES string of the molecule is Cc1cc(N(C)C)nc(Nc2ccc(NS(=O)(=O)c3cc([N+](=O)[O-])c(C)c([N+](=O)[O-])c3)cc2)n1. The van der Waals surface area contributed by atoms with Gasteiger partial charge in [-0.1, -0.05) is 0 Å². The predicted octanol–water partition coefficient (Wildman–Crippen LogP) is 3.52. The standard InChI is InChI=1S/C20H21N7O6S/c1-12-9-19(25(3)4)23-20(21-12)22-14-5-7-15(8-6-14)24-34(32,33)16-10-17(26(28)29)13(2)18(11-16)27(30)31/h5-11,24H,1-4H3,(H,21,22,23). The fourth-order valence-electron chi connectivity index (χ4n) is 3.00. The average molecular weight is 487 g/mol. The Morgan fingerprint density at radius 1 is 0.882 bits per heavy atom. The third-order valence-corrected chi connectivity index (χ3v) is 6.08. The molecule has 3 rings (SSSR count). The second kappa shape index (κ2) is 9.27. The number of aromatic nitrogens is 2. The molecule has 3 aromatic rings. The first-order valence-corrected chi connectivity index (χ1v) is 11.2. The van der Waals surface area contributed by atoms with Crippen LogP contribution in [-0.2, 0) is 10.0 Å². The van der Waals surface area contributed by atoms with Crippen molar-refractivity contribution in [3.05, 3.63) is 74.0 Å². The van der Waals surface area contributed by atoms with Crippen molar-refractivity contribution in [2.24, 2.45) is 0 Å². The van der Waals surface area contributed by atoms with Gasteiger partial charge in [-0.2, -0.15) is 4.98 Å². The minimum absolute atomic E-state index is 0.149. The van der Waals surface area contributed by atoms with E-state index < -0.39 is 36.1 Å². The number of nitro benzene ring substituents is 2. The molecule has 0 bridgehead atoms. The van der Waals surface area contributed by atoms with Crippen LogP contribution in [0, 0.1) is 34.1 Å². The van der Waals surface area contributed by atoms with E-state index in [1.54, 1.807) is 12.1 Å². The van der Waals surface area contributed by atoms with Crippen LogP contribution in [0.4, 0.5) is 34.5 Å². The lowest BCUT2D eigenvalue weighted by Crippen LogP contribution is -2.14. The fourth-order valence-corrected chi connectivity index (χ4v) is 4.09. The van der Waals surface area contributed by atoms with E-state index in [-0.39, 0.29) is 11.3 Å². The number of benzene rings is 2. The lowest BCUT2D eigenvalue weighted by molar-refractivity contribution is -0.395. The highest BCUT2D eigenvalue weighted by Gasteiger charge is 2.28. The van der Waals surface area contributed by atoms with Crippen LogP contribution >= 0.6 is 0 Å². The number of hydrogen-bond acceptors (Lipinski definition) is 10. The zero-order valence-electron chi connectivity index (χ0n) is 18.6. The van der Waals surface area contributed by atoms with Gasteiger partial charge in [0, 0.05) is 49.4 Å². The highest BCUT2D eigenvalue weighted by molar-refractivity contribution is 7.92. The van der Waals surface area contributed by atoms with Gasteiger partial charge in [0.1, 0.15) is 16.3 Å². The van der Waals surface area contributed by atoms with Gasteiger partial charge in [-0.05, 0) is 38.1 Å². The molecule has 0 aliphatic rings. The number of hydrogen-bond donors (Lipinski definition) is 2. The van der Waals surface area contributed by atoms with Crippen molar-refractivity contribution in [1.29, 1.82) is 0 Å². The number of nitrogens with zero attached hydrogens (tertiary/aromatic N) is 5. The fraction of sp³-hybridized carbons (Fsp3) is 0.200. The Labute approximate surface area is 194 Å². The van der Waals surface area contributed by atoms with Gasteiger partial charge in [-0.25, -0.2) is 13.4 Å². The lowest BCUT2D eigenvalue weighted by atomic mass is 10.1. The number of rotatable bonds is 8. The van der Waals surface area contributed by atoms with Crippen LogP contribution in [0.5, 0.6) is 0 Å². The van der Waals surface area contributed by atoms with E-state index in [0.717, 1.165) is 17.8 Å². The minimum atomic E-state index is -4.34. The summed E-state index contributed by atoms with van der Waals surface area (Å²) in [5.74, 6) is 1.07. The Balaban J connectivity index is 1.85. The summed E-state index contributed by atoms with van der Waals surface area (Å²) in [5, 5.41) is 25.5. The molecule has 0 fully saturated rings. The van der Waals surface area contributed by atoms with Crippen LogP contribution in [0.15, 0.2) is 47.4 Å². The van der Waals surface area contributed by atoms with Crippen LogP contribution in [0.25, 0.3) is 0 Å². The highest BCUT2D eigenvalue weighted by Crippen LogP contribution is 2.32. The molecule has 34 heavy (non-hydrogen) atoms. The summed E-state index contributed by atoms with van der Waals surface area (Å²) in [5.41, 5.74) is -0.0730. The van der Waals surface area contributed by atoms with Crippen LogP contribution in [-0.4, -0.2) is 42.3 Å². The maximum absolute atomic E-state index is 12.8. The molecule has 0 radical (unpaired) electrons. The largest absolute Gasteiger partial charge is 0.363 e. The maximum Gasteiger partial charge on any atom is 0.280 e. The molecule has 0 unspecified atom stereocenters. The molecule has 0 atom stereocenters. The molecular weight excluding hydrogens is 466 g/mol. The second-order valence-electron chi connectivity index (χ2n) is 7.49. The molecule has 0 aliphatic carbocycles. The number of nitrogens with one attached hydrogen (secondary N) is 2.